The minimum Gasteiger partial charge on any atom is -0.369 e. The van der Waals surface area contributed by atoms with Crippen molar-refractivity contribution >= 4 is 5.82 Å². The van der Waals surface area contributed by atoms with Gasteiger partial charge in [-0.15, -0.1) is 0 Å². The molecule has 0 saturated carbocycles. The smallest absolute Gasteiger partial charge is 0.144 e. The average molecular weight is 179 g/mol. The molecule has 3 nitrogen and oxygen atoms in total. The van der Waals surface area contributed by atoms with Gasteiger partial charge in [0.05, 0.1) is 6.20 Å². The molecule has 1 heterocycles. The SMILES string of the molecule is CC(C)(C)CCNc1cnccn1. The van der Waals surface area contributed by atoms with Crippen LogP contribution in [0.15, 0.2) is 18.6 Å². The highest BCUT2D eigenvalue weighted by Gasteiger charge is 2.08. The van der Waals surface area contributed by atoms with Gasteiger partial charge in [0.15, 0.2) is 0 Å². The summed E-state index contributed by atoms with van der Waals surface area (Å²) in [6.07, 6.45) is 6.24. The third kappa shape index (κ3) is 4.45. The molecule has 1 aromatic heterocycles. The fourth-order valence-electron chi connectivity index (χ4n) is 0.956. The molecule has 0 bridgehead atoms. The highest BCUT2D eigenvalue weighted by molar-refractivity contribution is 5.29. The van der Waals surface area contributed by atoms with Gasteiger partial charge in [-0.25, -0.2) is 4.98 Å². The zero-order valence-corrected chi connectivity index (χ0v) is 8.54. The summed E-state index contributed by atoms with van der Waals surface area (Å²) in [5.74, 6) is 0.853. The lowest BCUT2D eigenvalue weighted by atomic mass is 9.92. The first-order valence-corrected chi connectivity index (χ1v) is 4.58. The Morgan fingerprint density at radius 3 is 2.62 bits per heavy atom. The first-order chi connectivity index (χ1) is 6.08. The largest absolute Gasteiger partial charge is 0.369 e. The Bertz CT molecular complexity index is 238. The summed E-state index contributed by atoms with van der Waals surface area (Å²) in [5, 5.41) is 3.23. The van der Waals surface area contributed by atoms with E-state index in [0.29, 0.717) is 5.41 Å². The molecule has 0 aliphatic rings. The van der Waals surface area contributed by atoms with Crippen molar-refractivity contribution in [1.82, 2.24) is 9.97 Å². The number of nitrogens with one attached hydrogen (secondary N) is 1. The van der Waals surface area contributed by atoms with Gasteiger partial charge in [-0.2, -0.15) is 0 Å². The molecule has 0 spiro atoms. The molecule has 0 radical (unpaired) electrons. The van der Waals surface area contributed by atoms with Crippen molar-refractivity contribution < 1.29 is 0 Å². The molecule has 0 aromatic carbocycles. The van der Waals surface area contributed by atoms with Gasteiger partial charge in [-0.05, 0) is 11.8 Å². The molecule has 1 N–H and O–H groups in total. The van der Waals surface area contributed by atoms with E-state index >= 15 is 0 Å². The normalized spacial score (nSPS) is 11.3. The van der Waals surface area contributed by atoms with Crippen LogP contribution >= 0.6 is 0 Å². The zero-order valence-electron chi connectivity index (χ0n) is 8.54. The highest BCUT2D eigenvalue weighted by atomic mass is 15.0. The molecule has 1 aromatic rings. The number of hydrogen-bond donors (Lipinski definition) is 1. The molecule has 72 valence electrons. The lowest BCUT2D eigenvalue weighted by Gasteiger charge is -2.17. The topological polar surface area (TPSA) is 37.8 Å². The van der Waals surface area contributed by atoms with E-state index in [4.69, 9.17) is 0 Å². The van der Waals surface area contributed by atoms with Gasteiger partial charge in [0.25, 0.3) is 0 Å². The Labute approximate surface area is 79.6 Å². The van der Waals surface area contributed by atoms with Gasteiger partial charge in [-0.1, -0.05) is 20.8 Å². The van der Waals surface area contributed by atoms with Crippen molar-refractivity contribution in [1.29, 1.82) is 0 Å². The fraction of sp³-hybridized carbons (Fsp3) is 0.600. The quantitative estimate of drug-likeness (QED) is 0.773. The second-order valence-electron chi connectivity index (χ2n) is 4.33. The van der Waals surface area contributed by atoms with E-state index in [9.17, 15) is 0 Å². The van der Waals surface area contributed by atoms with Gasteiger partial charge in [0, 0.05) is 18.9 Å². The predicted octanol–water partition coefficient (Wildman–Crippen LogP) is 2.32. The standard InChI is InChI=1S/C10H17N3/c1-10(2,3)4-5-12-9-8-11-6-7-13-9/h6-8H,4-5H2,1-3H3,(H,12,13). The number of nitrogens with zero attached hydrogens (tertiary/aromatic N) is 2. The second-order valence-corrected chi connectivity index (χ2v) is 4.33. The molecule has 0 amide bonds. The number of anilines is 1. The Morgan fingerprint density at radius 1 is 1.31 bits per heavy atom. The van der Waals surface area contributed by atoms with Crippen LogP contribution in [0.2, 0.25) is 0 Å². The highest BCUT2D eigenvalue weighted by Crippen LogP contribution is 2.17. The molecule has 3 heteroatoms. The molecular weight excluding hydrogens is 162 g/mol. The summed E-state index contributed by atoms with van der Waals surface area (Å²) < 4.78 is 0. The summed E-state index contributed by atoms with van der Waals surface area (Å²) in [7, 11) is 0. The van der Waals surface area contributed by atoms with E-state index < -0.39 is 0 Å². The zero-order chi connectivity index (χ0) is 9.73. The fourth-order valence-corrected chi connectivity index (χ4v) is 0.956. The van der Waals surface area contributed by atoms with Crippen molar-refractivity contribution in [2.75, 3.05) is 11.9 Å². The van der Waals surface area contributed by atoms with Crippen LogP contribution in [-0.4, -0.2) is 16.5 Å². The van der Waals surface area contributed by atoms with Crippen LogP contribution in [0.5, 0.6) is 0 Å². The van der Waals surface area contributed by atoms with Gasteiger partial charge in [0.2, 0.25) is 0 Å². The van der Waals surface area contributed by atoms with Crippen molar-refractivity contribution in [3.05, 3.63) is 18.6 Å². The summed E-state index contributed by atoms with van der Waals surface area (Å²) in [4.78, 5) is 8.10. The van der Waals surface area contributed by atoms with Crippen LogP contribution in [0, 0.1) is 5.41 Å². The lowest BCUT2D eigenvalue weighted by molar-refractivity contribution is 0.389. The molecule has 0 fully saturated rings. The van der Waals surface area contributed by atoms with Crippen molar-refractivity contribution in [3.63, 3.8) is 0 Å². The average Bonchev–Trinajstić information content (AvgIpc) is 2.04. The molecule has 0 saturated heterocycles. The van der Waals surface area contributed by atoms with E-state index in [2.05, 4.69) is 36.1 Å². The molecule has 0 aliphatic carbocycles. The minimum atomic E-state index is 0.370. The van der Waals surface area contributed by atoms with Crippen LogP contribution in [0.4, 0.5) is 5.82 Å². The Kier molecular flexibility index (Phi) is 3.23. The summed E-state index contributed by atoms with van der Waals surface area (Å²) >= 11 is 0. The molecule has 0 unspecified atom stereocenters. The monoisotopic (exact) mass is 179 g/mol. The molecule has 13 heavy (non-hydrogen) atoms. The van der Waals surface area contributed by atoms with Crippen LogP contribution in [0.25, 0.3) is 0 Å². The first kappa shape index (κ1) is 9.96. The molecule has 0 aliphatic heterocycles. The maximum atomic E-state index is 4.12. The number of rotatable bonds is 3. The molecule has 0 atom stereocenters. The minimum absolute atomic E-state index is 0.370. The molecule has 1 rings (SSSR count). The number of aromatic nitrogens is 2. The van der Waals surface area contributed by atoms with Crippen LogP contribution in [0.3, 0.4) is 0 Å². The third-order valence-corrected chi connectivity index (χ3v) is 1.74. The molecular formula is C10H17N3. The summed E-state index contributed by atoms with van der Waals surface area (Å²) in [6.45, 7) is 7.63. The van der Waals surface area contributed by atoms with Gasteiger partial charge in [-0.3, -0.25) is 4.98 Å². The lowest BCUT2D eigenvalue weighted by Crippen LogP contribution is -2.13. The summed E-state index contributed by atoms with van der Waals surface area (Å²) in [6, 6.07) is 0. The number of hydrogen-bond acceptors (Lipinski definition) is 3. The van der Waals surface area contributed by atoms with Crippen molar-refractivity contribution in [2.24, 2.45) is 5.41 Å². The van der Waals surface area contributed by atoms with E-state index in [-0.39, 0.29) is 0 Å². The van der Waals surface area contributed by atoms with E-state index in [0.717, 1.165) is 18.8 Å². The second kappa shape index (κ2) is 4.21. The Hall–Kier alpha value is -1.12. The van der Waals surface area contributed by atoms with Crippen LogP contribution in [0.1, 0.15) is 27.2 Å². The van der Waals surface area contributed by atoms with Crippen LogP contribution in [-0.2, 0) is 0 Å². The summed E-state index contributed by atoms with van der Waals surface area (Å²) in [5.41, 5.74) is 0.370. The Balaban J connectivity index is 2.29. The van der Waals surface area contributed by atoms with Crippen molar-refractivity contribution in [2.45, 2.75) is 27.2 Å². The van der Waals surface area contributed by atoms with Crippen LogP contribution < -0.4 is 5.32 Å². The van der Waals surface area contributed by atoms with Gasteiger partial charge in [0.1, 0.15) is 5.82 Å². The van der Waals surface area contributed by atoms with E-state index in [1.807, 2.05) is 0 Å². The maximum absolute atomic E-state index is 4.12. The maximum Gasteiger partial charge on any atom is 0.144 e. The van der Waals surface area contributed by atoms with Gasteiger partial charge >= 0.3 is 0 Å². The van der Waals surface area contributed by atoms with E-state index in [1.54, 1.807) is 18.6 Å². The first-order valence-electron chi connectivity index (χ1n) is 4.58. The van der Waals surface area contributed by atoms with Gasteiger partial charge < -0.3 is 5.32 Å². The van der Waals surface area contributed by atoms with Crippen molar-refractivity contribution in [3.8, 4) is 0 Å². The third-order valence-electron chi connectivity index (χ3n) is 1.74. The predicted molar refractivity (Wildman–Crippen MR) is 54.6 cm³/mol. The Morgan fingerprint density at radius 2 is 2.08 bits per heavy atom. The van der Waals surface area contributed by atoms with E-state index in [1.165, 1.54) is 0 Å².